The van der Waals surface area contributed by atoms with Gasteiger partial charge in [0, 0.05) is 17.1 Å². The van der Waals surface area contributed by atoms with Crippen molar-refractivity contribution >= 4 is 17.0 Å². The van der Waals surface area contributed by atoms with Gasteiger partial charge in [0.1, 0.15) is 11.5 Å². The molecule has 2 aromatic carbocycles. The molecular weight excluding hydrogens is 338 g/mol. The molecule has 4 rings (SSSR count). The van der Waals surface area contributed by atoms with E-state index in [2.05, 4.69) is 33.8 Å². The van der Waals surface area contributed by atoms with Crippen LogP contribution in [0.4, 0.5) is 14.5 Å². The van der Waals surface area contributed by atoms with Crippen LogP contribution in [0.15, 0.2) is 52.8 Å². The number of hydrogen-bond donors (Lipinski definition) is 0. The van der Waals surface area contributed by atoms with Gasteiger partial charge in [-0.2, -0.15) is 0 Å². The van der Waals surface area contributed by atoms with E-state index in [0.29, 0.717) is 0 Å². The van der Waals surface area contributed by atoms with E-state index in [1.54, 1.807) is 0 Å². The summed E-state index contributed by atoms with van der Waals surface area (Å²) < 4.78 is 29.3. The summed E-state index contributed by atoms with van der Waals surface area (Å²) in [5, 5.41) is 2.04. The molecule has 25 heavy (non-hydrogen) atoms. The van der Waals surface area contributed by atoms with E-state index >= 15 is 0 Å². The highest BCUT2D eigenvalue weighted by Gasteiger charge is 2.23. The summed E-state index contributed by atoms with van der Waals surface area (Å²) in [4.78, 5) is 5.23. The quantitative estimate of drug-likeness (QED) is 0.593. The van der Waals surface area contributed by atoms with Crippen LogP contribution in [0.2, 0.25) is 0 Å². The fourth-order valence-corrected chi connectivity index (χ4v) is 4.46. The van der Waals surface area contributed by atoms with E-state index in [4.69, 9.17) is 0 Å². The van der Waals surface area contributed by atoms with E-state index in [0.717, 1.165) is 35.8 Å². The molecule has 0 saturated heterocycles. The van der Waals surface area contributed by atoms with Gasteiger partial charge in [-0.3, -0.25) is 0 Å². The van der Waals surface area contributed by atoms with Gasteiger partial charge in [0.15, 0.2) is 10.6 Å². The molecule has 0 bridgehead atoms. The largest absolute Gasteiger partial charge is 0.314 e. The molecule has 1 aliphatic rings. The maximum absolute atomic E-state index is 14.0. The molecule has 0 saturated carbocycles. The number of rotatable bonds is 2. The first-order valence-corrected chi connectivity index (χ1v) is 9.25. The first-order valence-electron chi connectivity index (χ1n) is 8.37. The molecule has 0 fully saturated rings. The predicted molar refractivity (Wildman–Crippen MR) is 96.1 cm³/mol. The number of aromatic nitrogens is 1. The Morgan fingerprint density at radius 2 is 2.00 bits per heavy atom. The van der Waals surface area contributed by atoms with Crippen molar-refractivity contribution in [2.75, 3.05) is 0 Å². The van der Waals surface area contributed by atoms with Crippen LogP contribution in [0.3, 0.4) is 0 Å². The van der Waals surface area contributed by atoms with E-state index < -0.39 is 11.6 Å². The summed E-state index contributed by atoms with van der Waals surface area (Å²) in [6.45, 7) is 2.05. The minimum absolute atomic E-state index is 0.168. The average Bonchev–Trinajstić information content (AvgIpc) is 2.97. The first kappa shape index (κ1) is 16.2. The zero-order valence-corrected chi connectivity index (χ0v) is 14.7. The van der Waals surface area contributed by atoms with Crippen molar-refractivity contribution in [3.05, 3.63) is 81.1 Å². The van der Waals surface area contributed by atoms with E-state index in [9.17, 15) is 8.78 Å². The van der Waals surface area contributed by atoms with Gasteiger partial charge >= 0.3 is 0 Å². The van der Waals surface area contributed by atoms with Crippen LogP contribution in [-0.4, -0.2) is 4.57 Å². The minimum atomic E-state index is -0.637. The average molecular weight is 356 g/mol. The van der Waals surface area contributed by atoms with Crippen molar-refractivity contribution in [1.82, 2.24) is 4.57 Å². The van der Waals surface area contributed by atoms with Crippen LogP contribution in [0.5, 0.6) is 0 Å². The molecule has 0 radical (unpaired) electrons. The normalized spacial score (nSPS) is 17.6. The van der Waals surface area contributed by atoms with Crippen molar-refractivity contribution in [3.8, 4) is 0 Å². The Hall–Kier alpha value is -2.27. The third-order valence-electron chi connectivity index (χ3n) is 4.70. The number of aryl methyl sites for hydroxylation is 2. The van der Waals surface area contributed by atoms with E-state index in [1.807, 2.05) is 12.3 Å². The topological polar surface area (TPSA) is 17.3 Å². The van der Waals surface area contributed by atoms with Gasteiger partial charge in [0.05, 0.1) is 6.04 Å². The first-order chi connectivity index (χ1) is 12.1. The van der Waals surface area contributed by atoms with Crippen LogP contribution < -0.4 is 4.80 Å². The highest BCUT2D eigenvalue weighted by Crippen LogP contribution is 2.33. The summed E-state index contributed by atoms with van der Waals surface area (Å²) in [7, 11) is 0. The Bertz CT molecular complexity index is 987. The lowest BCUT2D eigenvalue weighted by Crippen LogP contribution is -2.26. The number of fused-ring (bicyclic) bond motifs is 1. The van der Waals surface area contributed by atoms with Crippen molar-refractivity contribution in [1.29, 1.82) is 0 Å². The van der Waals surface area contributed by atoms with Crippen LogP contribution in [0.1, 0.15) is 35.7 Å². The van der Waals surface area contributed by atoms with Crippen LogP contribution in [0.25, 0.3) is 0 Å². The molecule has 2 nitrogen and oxygen atoms in total. The molecule has 0 aliphatic heterocycles. The van der Waals surface area contributed by atoms with E-state index in [1.165, 1.54) is 34.6 Å². The minimum Gasteiger partial charge on any atom is -0.314 e. The molecule has 0 spiro atoms. The molecule has 1 aromatic heterocycles. The van der Waals surface area contributed by atoms with Crippen molar-refractivity contribution in [2.24, 2.45) is 4.99 Å². The van der Waals surface area contributed by atoms with Crippen LogP contribution >= 0.6 is 11.3 Å². The van der Waals surface area contributed by atoms with Gasteiger partial charge in [-0.15, -0.1) is 11.3 Å². The fourth-order valence-electron chi connectivity index (χ4n) is 3.53. The molecule has 128 valence electrons. The molecular formula is C20H18F2N2S. The summed E-state index contributed by atoms with van der Waals surface area (Å²) in [5.41, 5.74) is 3.96. The molecule has 0 N–H and O–H groups in total. The fraction of sp³-hybridized carbons (Fsp3) is 0.250. The summed E-state index contributed by atoms with van der Waals surface area (Å²) in [6, 6.07) is 12.2. The Kier molecular flexibility index (Phi) is 4.25. The number of nitrogens with zero attached hydrogens (tertiary/aromatic N) is 2. The third kappa shape index (κ3) is 3.04. The Labute approximate surface area is 149 Å². The molecule has 3 aromatic rings. The summed E-state index contributed by atoms with van der Waals surface area (Å²) in [6.07, 6.45) is 3.25. The summed E-state index contributed by atoms with van der Waals surface area (Å²) >= 11 is 1.49. The lowest BCUT2D eigenvalue weighted by molar-refractivity contribution is 0.473. The molecule has 5 heteroatoms. The monoisotopic (exact) mass is 356 g/mol. The highest BCUT2D eigenvalue weighted by molar-refractivity contribution is 7.07. The Morgan fingerprint density at radius 3 is 2.84 bits per heavy atom. The molecule has 1 aliphatic carbocycles. The second-order valence-electron chi connectivity index (χ2n) is 6.34. The molecule has 1 atom stereocenters. The smallest absolute Gasteiger partial charge is 0.190 e. The number of halogens is 2. The van der Waals surface area contributed by atoms with Gasteiger partial charge in [-0.05, 0) is 49.4 Å². The second kappa shape index (κ2) is 6.56. The van der Waals surface area contributed by atoms with Crippen molar-refractivity contribution in [3.63, 3.8) is 0 Å². The summed E-state index contributed by atoms with van der Waals surface area (Å²) in [5.74, 6) is -1.23. The number of thiazole rings is 1. The predicted octanol–water partition coefficient (Wildman–Crippen LogP) is 5.29. The van der Waals surface area contributed by atoms with Crippen LogP contribution in [0, 0.1) is 18.6 Å². The molecule has 0 amide bonds. The van der Waals surface area contributed by atoms with Gasteiger partial charge in [-0.25, -0.2) is 13.8 Å². The number of benzene rings is 2. The lowest BCUT2D eigenvalue weighted by Gasteiger charge is -2.27. The Morgan fingerprint density at radius 1 is 1.16 bits per heavy atom. The molecule has 1 heterocycles. The number of hydrogen-bond acceptors (Lipinski definition) is 2. The second-order valence-corrected chi connectivity index (χ2v) is 7.18. The van der Waals surface area contributed by atoms with Gasteiger partial charge in [0.2, 0.25) is 0 Å². The third-order valence-corrected chi connectivity index (χ3v) is 5.65. The zero-order chi connectivity index (χ0) is 17.4. The van der Waals surface area contributed by atoms with Gasteiger partial charge in [-0.1, -0.05) is 24.3 Å². The van der Waals surface area contributed by atoms with Gasteiger partial charge < -0.3 is 4.57 Å². The van der Waals surface area contributed by atoms with Crippen molar-refractivity contribution in [2.45, 2.75) is 32.2 Å². The lowest BCUT2D eigenvalue weighted by atomic mass is 9.87. The zero-order valence-electron chi connectivity index (χ0n) is 13.9. The maximum atomic E-state index is 14.0. The maximum Gasteiger partial charge on any atom is 0.190 e. The standard InChI is InChI=1S/C20H18F2N2S/c1-13-12-25-20(23-18-10-9-15(21)11-17(18)22)24(13)19-8-4-6-14-5-2-3-7-16(14)19/h2-3,5,7,9-12,19H,4,6,8H2,1H3. The highest BCUT2D eigenvalue weighted by atomic mass is 32.1. The van der Waals surface area contributed by atoms with Crippen LogP contribution in [-0.2, 0) is 6.42 Å². The van der Waals surface area contributed by atoms with Crippen molar-refractivity contribution < 1.29 is 8.78 Å². The SMILES string of the molecule is Cc1csc(=Nc2ccc(F)cc2F)n1C1CCCc2ccccc21. The van der Waals surface area contributed by atoms with Gasteiger partial charge in [0.25, 0.3) is 0 Å². The molecule has 1 unspecified atom stereocenters. The Balaban J connectivity index is 1.86. The van der Waals surface area contributed by atoms with E-state index in [-0.39, 0.29) is 11.7 Å².